The van der Waals surface area contributed by atoms with Gasteiger partial charge < -0.3 is 9.67 Å². The number of aliphatic hydroxyl groups excluding tert-OH is 1. The van der Waals surface area contributed by atoms with Crippen molar-refractivity contribution >= 4 is 16.6 Å². The zero-order chi connectivity index (χ0) is 18.3. The summed E-state index contributed by atoms with van der Waals surface area (Å²) in [5.74, 6) is 0. The van der Waals surface area contributed by atoms with Gasteiger partial charge in [-0.3, -0.25) is 4.90 Å². The summed E-state index contributed by atoms with van der Waals surface area (Å²) in [7, 11) is 0. The van der Waals surface area contributed by atoms with E-state index in [1.54, 1.807) is 10.6 Å². The minimum absolute atomic E-state index is 0.0301. The Balaban J connectivity index is 1.85. The number of rotatable bonds is 1. The van der Waals surface area contributed by atoms with E-state index in [2.05, 4.69) is 4.90 Å². The molecule has 1 aromatic heterocycles. The second-order valence-corrected chi connectivity index (χ2v) is 8.03. The maximum atomic E-state index is 13.5. The fourth-order valence-electron chi connectivity index (χ4n) is 5.40. The van der Waals surface area contributed by atoms with Crippen molar-refractivity contribution in [3.05, 3.63) is 41.6 Å². The number of benzene rings is 1. The smallest absolute Gasteiger partial charge is 0.378 e. The maximum absolute atomic E-state index is 13.5. The first-order valence-corrected chi connectivity index (χ1v) is 9.15. The van der Waals surface area contributed by atoms with Crippen LogP contribution in [0.4, 0.5) is 13.2 Å². The molecule has 1 fully saturated rings. The van der Waals surface area contributed by atoms with Crippen molar-refractivity contribution in [2.24, 2.45) is 5.41 Å². The molecule has 1 unspecified atom stereocenters. The van der Waals surface area contributed by atoms with Gasteiger partial charge in [-0.05, 0) is 37.4 Å². The lowest BCUT2D eigenvalue weighted by Gasteiger charge is -2.52. The molecule has 3 aliphatic rings. The van der Waals surface area contributed by atoms with Gasteiger partial charge in [0.25, 0.3) is 0 Å². The van der Waals surface area contributed by atoms with Crippen LogP contribution in [0.1, 0.15) is 37.1 Å². The molecule has 1 aromatic carbocycles. The third-order valence-electron chi connectivity index (χ3n) is 6.40. The first-order chi connectivity index (χ1) is 12.3. The van der Waals surface area contributed by atoms with Crippen molar-refractivity contribution in [3.63, 3.8) is 0 Å². The van der Waals surface area contributed by atoms with Gasteiger partial charge in [0.1, 0.15) is 0 Å². The molecule has 3 nitrogen and oxygen atoms in total. The Hall–Kier alpha value is -1.79. The molecule has 0 bridgehead atoms. The van der Waals surface area contributed by atoms with Crippen LogP contribution in [0.5, 0.6) is 0 Å². The largest absolute Gasteiger partial charge is 0.420 e. The van der Waals surface area contributed by atoms with Crippen molar-refractivity contribution in [2.75, 3.05) is 13.1 Å². The first-order valence-electron chi connectivity index (χ1n) is 9.15. The van der Waals surface area contributed by atoms with Crippen LogP contribution < -0.4 is 0 Å². The molecule has 0 saturated carbocycles. The summed E-state index contributed by atoms with van der Waals surface area (Å²) in [6.07, 6.45) is -2.81. The van der Waals surface area contributed by atoms with Crippen LogP contribution in [0.15, 0.2) is 30.3 Å². The van der Waals surface area contributed by atoms with Crippen LogP contribution in [-0.4, -0.2) is 39.9 Å². The number of aliphatic hydroxyl groups is 1. The number of nitrogens with zero attached hydrogens (tertiary/aromatic N) is 2. The number of halogens is 3. The van der Waals surface area contributed by atoms with Gasteiger partial charge >= 0.3 is 6.18 Å². The van der Waals surface area contributed by atoms with Gasteiger partial charge in [0.15, 0.2) is 6.10 Å². The van der Waals surface area contributed by atoms with E-state index >= 15 is 0 Å². The van der Waals surface area contributed by atoms with Gasteiger partial charge in [-0.25, -0.2) is 0 Å². The van der Waals surface area contributed by atoms with Crippen molar-refractivity contribution < 1.29 is 18.3 Å². The van der Waals surface area contributed by atoms with E-state index in [-0.39, 0.29) is 17.2 Å². The summed E-state index contributed by atoms with van der Waals surface area (Å²) >= 11 is 0. The molecule has 138 valence electrons. The zero-order valence-corrected chi connectivity index (χ0v) is 14.6. The summed E-state index contributed by atoms with van der Waals surface area (Å²) in [4.78, 5) is 2.41. The van der Waals surface area contributed by atoms with E-state index in [1.807, 2.05) is 31.2 Å². The number of hydrogen-bond acceptors (Lipinski definition) is 2. The fourth-order valence-corrected chi connectivity index (χ4v) is 5.40. The standard InChI is InChI=1S/C20H21F3N2O/c1-19-8-4-9-24-10-7-13-12-5-2-3-6-14(12)25(16(13)17(19)24)15(11-19)18(26)20(21,22)23/h2-3,5-6,11,17-18,26H,4,7-10H2,1H3/t17-,18?,19+/m1/s1. The molecule has 2 aromatic rings. The van der Waals surface area contributed by atoms with Gasteiger partial charge in [-0.15, -0.1) is 0 Å². The maximum Gasteiger partial charge on any atom is 0.420 e. The molecule has 0 spiro atoms. The minimum Gasteiger partial charge on any atom is -0.378 e. The van der Waals surface area contributed by atoms with Crippen LogP contribution >= 0.6 is 0 Å². The number of hydrogen-bond donors (Lipinski definition) is 1. The van der Waals surface area contributed by atoms with Gasteiger partial charge in [0, 0.05) is 23.0 Å². The van der Waals surface area contributed by atoms with Crippen LogP contribution in [0, 0.1) is 5.41 Å². The van der Waals surface area contributed by atoms with E-state index < -0.39 is 12.3 Å². The number of aromatic nitrogens is 1. The Labute approximate surface area is 149 Å². The van der Waals surface area contributed by atoms with Gasteiger partial charge in [-0.2, -0.15) is 13.2 Å². The highest BCUT2D eigenvalue weighted by Crippen LogP contribution is 2.56. The predicted molar refractivity (Wildman–Crippen MR) is 93.6 cm³/mol. The second kappa shape index (κ2) is 5.14. The van der Waals surface area contributed by atoms with Crippen molar-refractivity contribution in [1.29, 1.82) is 0 Å². The van der Waals surface area contributed by atoms with E-state index in [4.69, 9.17) is 0 Å². The molecule has 1 N–H and O–H groups in total. The van der Waals surface area contributed by atoms with Crippen molar-refractivity contribution in [2.45, 2.75) is 44.5 Å². The summed E-state index contributed by atoms with van der Waals surface area (Å²) in [6.45, 7) is 3.96. The third-order valence-corrected chi connectivity index (χ3v) is 6.40. The van der Waals surface area contributed by atoms with Gasteiger partial charge in [0.05, 0.1) is 17.3 Å². The Bertz CT molecular complexity index is 929. The van der Waals surface area contributed by atoms with Crippen LogP contribution in [0.3, 0.4) is 0 Å². The summed E-state index contributed by atoms with van der Waals surface area (Å²) < 4.78 is 42.1. The van der Waals surface area contributed by atoms with Crippen molar-refractivity contribution in [3.8, 4) is 0 Å². The normalized spacial score (nSPS) is 29.4. The van der Waals surface area contributed by atoms with Crippen LogP contribution in [0.25, 0.3) is 16.6 Å². The topological polar surface area (TPSA) is 28.4 Å². The zero-order valence-electron chi connectivity index (χ0n) is 14.6. The van der Waals surface area contributed by atoms with E-state index in [0.29, 0.717) is 0 Å². The molecular formula is C20H21F3N2O. The highest BCUT2D eigenvalue weighted by molar-refractivity contribution is 5.90. The average Bonchev–Trinajstić information content (AvgIpc) is 2.93. The van der Waals surface area contributed by atoms with Crippen LogP contribution in [0.2, 0.25) is 0 Å². The fraction of sp³-hybridized carbons (Fsp3) is 0.500. The van der Waals surface area contributed by atoms with Gasteiger partial charge in [-0.1, -0.05) is 31.2 Å². The molecule has 3 atom stereocenters. The number of para-hydroxylation sites is 1. The van der Waals surface area contributed by atoms with Gasteiger partial charge in [0.2, 0.25) is 0 Å². The van der Waals surface area contributed by atoms with Crippen molar-refractivity contribution in [1.82, 2.24) is 9.47 Å². The molecule has 1 saturated heterocycles. The molecule has 0 aliphatic carbocycles. The third kappa shape index (κ3) is 2.03. The molecule has 5 rings (SSSR count). The molecule has 0 amide bonds. The molecule has 0 radical (unpaired) electrons. The molecule has 6 heteroatoms. The number of alkyl halides is 3. The SMILES string of the molecule is C[C@@]12C=C(C(O)C(F)(F)F)n3c4c(c5ccccc53)CCN(CCC1)[C@H]42. The summed E-state index contributed by atoms with van der Waals surface area (Å²) in [6, 6.07) is 7.71. The molecule has 26 heavy (non-hydrogen) atoms. The molecular weight excluding hydrogens is 341 g/mol. The second-order valence-electron chi connectivity index (χ2n) is 8.03. The Morgan fingerprint density at radius 2 is 2.00 bits per heavy atom. The lowest BCUT2D eigenvalue weighted by Crippen LogP contribution is -2.50. The summed E-state index contributed by atoms with van der Waals surface area (Å²) in [5.41, 5.74) is 2.45. The lowest BCUT2D eigenvalue weighted by atomic mass is 9.69. The van der Waals surface area contributed by atoms with E-state index in [1.165, 1.54) is 0 Å². The number of fused-ring (bicyclic) bond motifs is 3. The monoisotopic (exact) mass is 362 g/mol. The van der Waals surface area contributed by atoms with E-state index in [9.17, 15) is 18.3 Å². The lowest BCUT2D eigenvalue weighted by molar-refractivity contribution is -0.186. The number of piperidine rings is 1. The predicted octanol–water partition coefficient (Wildman–Crippen LogP) is 4.12. The Kier molecular flexibility index (Phi) is 3.24. The quantitative estimate of drug-likeness (QED) is 0.827. The first kappa shape index (κ1) is 16.4. The molecule has 4 heterocycles. The Morgan fingerprint density at radius 1 is 1.23 bits per heavy atom. The minimum atomic E-state index is -4.68. The molecule has 3 aliphatic heterocycles. The van der Waals surface area contributed by atoms with E-state index in [0.717, 1.165) is 54.5 Å². The highest BCUT2D eigenvalue weighted by Gasteiger charge is 2.52. The van der Waals surface area contributed by atoms with Crippen LogP contribution in [-0.2, 0) is 6.42 Å². The highest BCUT2D eigenvalue weighted by atomic mass is 19.4. The summed E-state index contributed by atoms with van der Waals surface area (Å²) in [5, 5.41) is 11.2. The Morgan fingerprint density at radius 3 is 2.77 bits per heavy atom. The average molecular weight is 362 g/mol.